The van der Waals surface area contributed by atoms with Gasteiger partial charge in [0.25, 0.3) is 0 Å². The molecular formula is C81H91N3O5. The summed E-state index contributed by atoms with van der Waals surface area (Å²) in [6.07, 6.45) is 35.0. The highest BCUT2D eigenvalue weighted by molar-refractivity contribution is 6.10. The number of unbranched alkanes of at least 4 members (excludes halogenated alkanes) is 5. The third-order valence-electron chi connectivity index (χ3n) is 15.9. The Morgan fingerprint density at radius 1 is 0.562 bits per heavy atom. The normalized spacial score (nSPS) is 13.0. The Hall–Kier alpha value is -8.93. The maximum atomic E-state index is 11.7. The standard InChI is InChI=1S/C81H91N3O5/c1-11-12-13-16-19-61-27-41-71(42-28-61)84(72-43-29-62(30-44-72)20-17-14-15-18-50-82-10)73-45-31-63(32-46-73)21-34-67-35-22-64(52-76(67)87-51-49-58(2)3)23-36-68-37-24-65(53-77(68)88-56-59(4)5)25-38-69-39-26-66(54-78(69)89-57-60(6)7)33-48-79-81(8,9)74-55-70(80(85)86)40-47-75(74)83-79/h1,21-48,50,52-55,58-60H,12-20,49,51,56-57H2,2-10H3,(H,85,86). The van der Waals surface area contributed by atoms with Gasteiger partial charge in [0.05, 0.1) is 36.8 Å². The molecule has 0 amide bonds. The zero-order valence-electron chi connectivity index (χ0n) is 54.0. The zero-order valence-corrected chi connectivity index (χ0v) is 54.0. The highest BCUT2D eigenvalue weighted by Crippen LogP contribution is 2.42. The largest absolute Gasteiger partial charge is 0.493 e. The van der Waals surface area contributed by atoms with Crippen molar-refractivity contribution in [3.8, 4) is 29.6 Å². The van der Waals surface area contributed by atoms with E-state index in [0.717, 1.165) is 135 Å². The first-order chi connectivity index (χ1) is 43.1. The van der Waals surface area contributed by atoms with E-state index in [1.54, 1.807) is 18.2 Å². The number of nitrogens with zero attached hydrogens (tertiary/aromatic N) is 3. The molecule has 1 aliphatic rings. The lowest BCUT2D eigenvalue weighted by Crippen LogP contribution is -2.24. The summed E-state index contributed by atoms with van der Waals surface area (Å²) < 4.78 is 19.5. The highest BCUT2D eigenvalue weighted by Gasteiger charge is 2.34. The molecule has 8 rings (SSSR count). The molecule has 460 valence electrons. The number of hydrogen-bond acceptors (Lipinski definition) is 7. The lowest BCUT2D eigenvalue weighted by Gasteiger charge is -2.26. The molecular weight excluding hydrogens is 1090 g/mol. The number of hydrogen-bond donors (Lipinski definition) is 1. The average molecular weight is 1190 g/mol. The number of carboxylic acid groups (broad SMARTS) is 1. The van der Waals surface area contributed by atoms with E-state index in [1.807, 2.05) is 25.4 Å². The second-order valence-electron chi connectivity index (χ2n) is 25.0. The fraction of sp³-hybridized carbons (Fsp3) is 0.321. The maximum Gasteiger partial charge on any atom is 0.335 e. The van der Waals surface area contributed by atoms with Gasteiger partial charge in [0, 0.05) is 52.6 Å². The van der Waals surface area contributed by atoms with Gasteiger partial charge < -0.3 is 29.2 Å². The number of allylic oxidation sites excluding steroid dienone is 1. The van der Waals surface area contributed by atoms with Gasteiger partial charge in [-0.3, -0.25) is 4.99 Å². The molecule has 8 heteroatoms. The number of anilines is 3. The number of aliphatic imine (C=N–C) groups is 2. The summed E-state index contributed by atoms with van der Waals surface area (Å²) in [5.74, 6) is 5.46. The van der Waals surface area contributed by atoms with E-state index in [-0.39, 0.29) is 5.56 Å². The molecule has 1 N–H and O–H groups in total. The van der Waals surface area contributed by atoms with Crippen molar-refractivity contribution < 1.29 is 24.1 Å². The molecule has 0 radical (unpaired) electrons. The smallest absolute Gasteiger partial charge is 0.335 e. The first kappa shape index (κ1) is 66.0. The Morgan fingerprint density at radius 3 is 1.52 bits per heavy atom. The van der Waals surface area contributed by atoms with E-state index in [9.17, 15) is 9.90 Å². The van der Waals surface area contributed by atoms with Crippen molar-refractivity contribution in [3.63, 3.8) is 0 Å². The van der Waals surface area contributed by atoms with Crippen molar-refractivity contribution in [2.24, 2.45) is 27.7 Å². The Balaban J connectivity index is 0.994. The van der Waals surface area contributed by atoms with Crippen LogP contribution in [-0.2, 0) is 18.3 Å². The van der Waals surface area contributed by atoms with E-state index < -0.39 is 11.4 Å². The van der Waals surface area contributed by atoms with Gasteiger partial charge in [-0.05, 0) is 193 Å². The third kappa shape index (κ3) is 19.5. The van der Waals surface area contributed by atoms with E-state index in [2.05, 4.69) is 235 Å². The van der Waals surface area contributed by atoms with Crippen molar-refractivity contribution >= 4 is 83.2 Å². The monoisotopic (exact) mass is 1190 g/mol. The molecule has 0 aromatic heterocycles. The second kappa shape index (κ2) is 32.9. The molecule has 0 atom stereocenters. The first-order valence-corrected chi connectivity index (χ1v) is 32.0. The second-order valence-corrected chi connectivity index (χ2v) is 25.0. The Kier molecular flexibility index (Phi) is 24.4. The van der Waals surface area contributed by atoms with Crippen LogP contribution in [0.25, 0.3) is 42.5 Å². The minimum Gasteiger partial charge on any atom is -0.493 e. The van der Waals surface area contributed by atoms with E-state index in [1.165, 1.54) is 30.4 Å². The molecule has 0 bridgehead atoms. The van der Waals surface area contributed by atoms with Crippen LogP contribution < -0.4 is 19.1 Å². The van der Waals surface area contributed by atoms with Crippen LogP contribution in [0.3, 0.4) is 0 Å². The van der Waals surface area contributed by atoms with Crippen LogP contribution in [0.4, 0.5) is 22.7 Å². The van der Waals surface area contributed by atoms with Crippen molar-refractivity contribution in [1.82, 2.24) is 0 Å². The summed E-state index contributed by atoms with van der Waals surface area (Å²) in [5, 5.41) is 9.63. The van der Waals surface area contributed by atoms with Crippen molar-refractivity contribution in [1.29, 1.82) is 0 Å². The highest BCUT2D eigenvalue weighted by atomic mass is 16.5. The summed E-state index contributed by atoms with van der Waals surface area (Å²) in [7, 11) is 1.85. The van der Waals surface area contributed by atoms with Crippen LogP contribution >= 0.6 is 0 Å². The molecule has 0 saturated heterocycles. The molecule has 7 aromatic rings. The zero-order chi connectivity index (χ0) is 63.1. The van der Waals surface area contributed by atoms with Gasteiger partial charge in [-0.25, -0.2) is 4.79 Å². The van der Waals surface area contributed by atoms with Crippen LogP contribution in [0.1, 0.15) is 173 Å². The van der Waals surface area contributed by atoms with Crippen LogP contribution in [0.2, 0.25) is 0 Å². The minimum atomic E-state index is -0.946. The number of ether oxygens (including phenoxy) is 3. The van der Waals surface area contributed by atoms with Crippen molar-refractivity contribution in [2.45, 2.75) is 125 Å². The fourth-order valence-electron chi connectivity index (χ4n) is 10.6. The van der Waals surface area contributed by atoms with E-state index in [4.69, 9.17) is 25.6 Å². The molecule has 89 heavy (non-hydrogen) atoms. The number of aryl methyl sites for hydroxylation is 2. The number of terminal acetylenes is 1. The van der Waals surface area contributed by atoms with Gasteiger partial charge in [-0.1, -0.05) is 177 Å². The van der Waals surface area contributed by atoms with Gasteiger partial charge in [0.1, 0.15) is 17.2 Å². The van der Waals surface area contributed by atoms with Gasteiger partial charge >= 0.3 is 5.97 Å². The van der Waals surface area contributed by atoms with Crippen LogP contribution in [0.5, 0.6) is 17.2 Å². The van der Waals surface area contributed by atoms with Crippen molar-refractivity contribution in [3.05, 3.63) is 213 Å². The molecule has 1 heterocycles. The summed E-state index contributed by atoms with van der Waals surface area (Å²) >= 11 is 0. The average Bonchev–Trinajstić information content (AvgIpc) is 1.75. The van der Waals surface area contributed by atoms with Crippen LogP contribution in [-0.4, -0.2) is 49.9 Å². The predicted molar refractivity (Wildman–Crippen MR) is 378 cm³/mol. The third-order valence-corrected chi connectivity index (χ3v) is 15.9. The molecule has 8 nitrogen and oxygen atoms in total. The maximum absolute atomic E-state index is 11.7. The summed E-state index contributed by atoms with van der Waals surface area (Å²) in [6, 6.07) is 51.1. The van der Waals surface area contributed by atoms with Gasteiger partial charge in [-0.2, -0.15) is 0 Å². The van der Waals surface area contributed by atoms with Crippen molar-refractivity contribution in [2.75, 3.05) is 31.8 Å². The SMILES string of the molecule is C#CCCCCc1ccc(N(c2ccc(C=Cc3ccc(C=Cc4ccc(C=Cc5ccc(C=CC6=Nc7ccc(C(=O)O)cc7C6(C)C)cc5OCC(C)C)cc4OCC(C)C)cc3OCCC(C)C)cc2)c2ccc(CCCCCC=NC)cc2)cc1. The lowest BCUT2D eigenvalue weighted by molar-refractivity contribution is 0.0696. The lowest BCUT2D eigenvalue weighted by atomic mass is 9.80. The minimum absolute atomic E-state index is 0.261. The Morgan fingerprint density at radius 2 is 1.03 bits per heavy atom. The number of carboxylic acids is 1. The molecule has 0 saturated carbocycles. The predicted octanol–water partition coefficient (Wildman–Crippen LogP) is 21.1. The van der Waals surface area contributed by atoms with Crippen LogP contribution in [0.15, 0.2) is 162 Å². The fourth-order valence-corrected chi connectivity index (χ4v) is 10.6. The van der Waals surface area contributed by atoms with Crippen LogP contribution in [0, 0.1) is 30.1 Å². The Labute approximate surface area is 531 Å². The molecule has 0 aliphatic carbocycles. The summed E-state index contributed by atoms with van der Waals surface area (Å²) in [6.45, 7) is 19.0. The summed E-state index contributed by atoms with van der Waals surface area (Å²) in [5.41, 5.74) is 15.5. The number of benzene rings is 7. The number of fused-ring (bicyclic) bond motifs is 1. The number of aromatic carboxylic acids is 1. The quantitative estimate of drug-likeness (QED) is 0.0195. The summed E-state index contributed by atoms with van der Waals surface area (Å²) in [4.78, 5) is 23.1. The Bertz CT molecular complexity index is 3680. The van der Waals surface area contributed by atoms with Gasteiger partial charge in [-0.15, -0.1) is 12.3 Å². The number of carbonyl (C=O) groups is 1. The molecule has 0 spiro atoms. The van der Waals surface area contributed by atoms with E-state index >= 15 is 0 Å². The molecule has 1 aliphatic heterocycles. The van der Waals surface area contributed by atoms with Gasteiger partial charge in [0.15, 0.2) is 0 Å². The molecule has 0 fully saturated rings. The van der Waals surface area contributed by atoms with Gasteiger partial charge in [0.2, 0.25) is 0 Å². The molecule has 0 unspecified atom stereocenters. The number of rotatable bonds is 32. The molecule has 7 aromatic carbocycles. The topological polar surface area (TPSA) is 93.0 Å². The first-order valence-electron chi connectivity index (χ1n) is 32.0. The van der Waals surface area contributed by atoms with E-state index in [0.29, 0.717) is 37.6 Å².